The van der Waals surface area contributed by atoms with E-state index < -0.39 is 0 Å². The first-order valence-electron chi connectivity index (χ1n) is 4.82. The molecule has 0 unspecified atom stereocenters. The molecule has 1 aromatic carbocycles. The van der Waals surface area contributed by atoms with E-state index in [-0.39, 0.29) is 0 Å². The van der Waals surface area contributed by atoms with Crippen molar-refractivity contribution in [3.63, 3.8) is 0 Å². The molecule has 0 aliphatic carbocycles. The summed E-state index contributed by atoms with van der Waals surface area (Å²) in [5.41, 5.74) is 5.34. The first-order chi connectivity index (χ1) is 6.72. The van der Waals surface area contributed by atoms with Crippen LogP contribution in [0.3, 0.4) is 0 Å². The van der Waals surface area contributed by atoms with E-state index in [1.807, 2.05) is 23.9 Å². The minimum atomic E-state index is 0.558. The van der Waals surface area contributed by atoms with Gasteiger partial charge >= 0.3 is 0 Å². The van der Waals surface area contributed by atoms with Crippen LogP contribution in [0.2, 0.25) is 0 Å². The monoisotopic (exact) mass is 211 g/mol. The van der Waals surface area contributed by atoms with Crippen molar-refractivity contribution in [1.82, 2.24) is 0 Å². The molecule has 2 N–H and O–H groups in total. The summed E-state index contributed by atoms with van der Waals surface area (Å²) < 4.78 is 5.38. The summed E-state index contributed by atoms with van der Waals surface area (Å²) >= 11 is 1.85. The zero-order valence-corrected chi connectivity index (χ0v) is 9.51. The topological polar surface area (TPSA) is 35.2 Å². The van der Waals surface area contributed by atoms with Gasteiger partial charge in [-0.2, -0.15) is 0 Å². The van der Waals surface area contributed by atoms with Crippen LogP contribution in [0.1, 0.15) is 13.8 Å². The quantitative estimate of drug-likeness (QED) is 0.760. The Bertz CT molecular complexity index is 258. The molecule has 14 heavy (non-hydrogen) atoms. The lowest BCUT2D eigenvalue weighted by Gasteiger charge is -2.07. The predicted molar refractivity (Wildman–Crippen MR) is 62.0 cm³/mol. The lowest BCUT2D eigenvalue weighted by molar-refractivity contribution is 0.328. The average molecular weight is 211 g/mol. The molecule has 0 aliphatic rings. The van der Waals surface area contributed by atoms with Crippen LogP contribution in [0.5, 0.6) is 5.75 Å². The van der Waals surface area contributed by atoms with Gasteiger partial charge in [-0.05, 0) is 24.3 Å². The van der Waals surface area contributed by atoms with Gasteiger partial charge in [0.1, 0.15) is 12.4 Å². The van der Waals surface area contributed by atoms with Crippen LogP contribution in [0.25, 0.3) is 0 Å². The highest BCUT2D eigenvalue weighted by atomic mass is 32.2. The number of thioether (sulfide) groups is 1. The van der Waals surface area contributed by atoms with Crippen molar-refractivity contribution >= 4 is 11.8 Å². The zero-order valence-electron chi connectivity index (χ0n) is 8.69. The summed E-state index contributed by atoms with van der Waals surface area (Å²) in [6.07, 6.45) is 0. The number of benzene rings is 1. The van der Waals surface area contributed by atoms with E-state index in [1.165, 1.54) is 4.90 Å². The molecule has 0 aromatic heterocycles. The maximum atomic E-state index is 5.38. The highest BCUT2D eigenvalue weighted by Gasteiger charge is 1.98. The van der Waals surface area contributed by atoms with Gasteiger partial charge in [-0.1, -0.05) is 13.8 Å². The Labute approximate surface area is 89.8 Å². The molecule has 0 saturated carbocycles. The SMILES string of the molecule is CC(C)Sc1ccc(OCCN)cc1. The van der Waals surface area contributed by atoms with Gasteiger partial charge in [-0.3, -0.25) is 0 Å². The molecule has 1 rings (SSSR count). The number of nitrogens with two attached hydrogens (primary N) is 1. The molecule has 0 atom stereocenters. The molecule has 0 amide bonds. The number of ether oxygens (including phenoxy) is 1. The third-order valence-electron chi connectivity index (χ3n) is 1.58. The highest BCUT2D eigenvalue weighted by molar-refractivity contribution is 7.99. The first kappa shape index (κ1) is 11.4. The molecular weight excluding hydrogens is 194 g/mol. The Morgan fingerprint density at radius 2 is 1.93 bits per heavy atom. The van der Waals surface area contributed by atoms with Crippen LogP contribution in [-0.4, -0.2) is 18.4 Å². The van der Waals surface area contributed by atoms with Crippen molar-refractivity contribution < 1.29 is 4.74 Å². The summed E-state index contributed by atoms with van der Waals surface area (Å²) in [7, 11) is 0. The standard InChI is InChI=1S/C11H17NOS/c1-9(2)14-11-5-3-10(4-6-11)13-8-7-12/h3-6,9H,7-8,12H2,1-2H3. The Morgan fingerprint density at radius 3 is 2.43 bits per heavy atom. The van der Waals surface area contributed by atoms with E-state index >= 15 is 0 Å². The molecule has 0 saturated heterocycles. The largest absolute Gasteiger partial charge is 0.492 e. The Kier molecular flexibility index (Phi) is 4.84. The van der Waals surface area contributed by atoms with Crippen molar-refractivity contribution in [1.29, 1.82) is 0 Å². The van der Waals surface area contributed by atoms with Crippen molar-refractivity contribution in [3.8, 4) is 5.75 Å². The van der Waals surface area contributed by atoms with Crippen molar-refractivity contribution in [2.75, 3.05) is 13.2 Å². The Balaban J connectivity index is 2.50. The summed E-state index contributed by atoms with van der Waals surface area (Å²) in [6, 6.07) is 8.13. The minimum Gasteiger partial charge on any atom is -0.492 e. The van der Waals surface area contributed by atoms with Gasteiger partial charge in [-0.25, -0.2) is 0 Å². The molecule has 0 fully saturated rings. The van der Waals surface area contributed by atoms with E-state index in [2.05, 4.69) is 26.0 Å². The Morgan fingerprint density at radius 1 is 1.29 bits per heavy atom. The molecule has 0 radical (unpaired) electrons. The van der Waals surface area contributed by atoms with Crippen molar-refractivity contribution in [2.45, 2.75) is 24.0 Å². The zero-order chi connectivity index (χ0) is 10.4. The van der Waals surface area contributed by atoms with Gasteiger partial charge in [0.15, 0.2) is 0 Å². The number of rotatable bonds is 5. The highest BCUT2D eigenvalue weighted by Crippen LogP contribution is 2.24. The Hall–Kier alpha value is -0.670. The van der Waals surface area contributed by atoms with E-state index in [4.69, 9.17) is 10.5 Å². The van der Waals surface area contributed by atoms with E-state index in [9.17, 15) is 0 Å². The molecule has 3 heteroatoms. The maximum Gasteiger partial charge on any atom is 0.119 e. The molecule has 2 nitrogen and oxygen atoms in total. The van der Waals surface area contributed by atoms with E-state index in [0.29, 0.717) is 18.4 Å². The average Bonchev–Trinajstić information content (AvgIpc) is 2.16. The van der Waals surface area contributed by atoms with Gasteiger partial charge < -0.3 is 10.5 Å². The molecule has 0 aliphatic heterocycles. The summed E-state index contributed by atoms with van der Waals surface area (Å²) in [5, 5.41) is 0.616. The fourth-order valence-corrected chi connectivity index (χ4v) is 1.90. The molecule has 1 aromatic rings. The molecule has 0 heterocycles. The third kappa shape index (κ3) is 4.03. The lowest BCUT2D eigenvalue weighted by Crippen LogP contribution is -2.10. The number of hydrogen-bond acceptors (Lipinski definition) is 3. The smallest absolute Gasteiger partial charge is 0.119 e. The van der Waals surface area contributed by atoms with E-state index in [0.717, 1.165) is 5.75 Å². The van der Waals surface area contributed by atoms with Crippen LogP contribution in [0, 0.1) is 0 Å². The minimum absolute atomic E-state index is 0.558. The van der Waals surface area contributed by atoms with Crippen LogP contribution < -0.4 is 10.5 Å². The normalized spacial score (nSPS) is 10.6. The molecule has 0 bridgehead atoms. The van der Waals surface area contributed by atoms with E-state index in [1.54, 1.807) is 0 Å². The first-order valence-corrected chi connectivity index (χ1v) is 5.70. The van der Waals surface area contributed by atoms with Crippen LogP contribution in [0.4, 0.5) is 0 Å². The van der Waals surface area contributed by atoms with Crippen molar-refractivity contribution in [2.24, 2.45) is 5.73 Å². The fraction of sp³-hybridized carbons (Fsp3) is 0.455. The van der Waals surface area contributed by atoms with Gasteiger partial charge in [0.25, 0.3) is 0 Å². The maximum absolute atomic E-state index is 5.38. The summed E-state index contributed by atoms with van der Waals surface area (Å²) in [6.45, 7) is 5.51. The molecule has 78 valence electrons. The van der Waals surface area contributed by atoms with Gasteiger partial charge in [0.2, 0.25) is 0 Å². The fourth-order valence-electron chi connectivity index (χ4n) is 1.06. The summed E-state index contributed by atoms with van der Waals surface area (Å²) in [4.78, 5) is 1.28. The van der Waals surface area contributed by atoms with Crippen LogP contribution >= 0.6 is 11.8 Å². The molecule has 0 spiro atoms. The van der Waals surface area contributed by atoms with Crippen LogP contribution in [-0.2, 0) is 0 Å². The van der Waals surface area contributed by atoms with Gasteiger partial charge in [0.05, 0.1) is 0 Å². The third-order valence-corrected chi connectivity index (χ3v) is 2.60. The van der Waals surface area contributed by atoms with Gasteiger partial charge in [0, 0.05) is 16.7 Å². The lowest BCUT2D eigenvalue weighted by atomic mass is 10.3. The number of hydrogen-bond donors (Lipinski definition) is 1. The van der Waals surface area contributed by atoms with Crippen LogP contribution in [0.15, 0.2) is 29.2 Å². The molecular formula is C11H17NOS. The second kappa shape index (κ2) is 5.94. The predicted octanol–water partition coefficient (Wildman–Crippen LogP) is 2.52. The second-order valence-corrected chi connectivity index (χ2v) is 4.93. The second-order valence-electron chi connectivity index (χ2n) is 3.28. The summed E-state index contributed by atoms with van der Waals surface area (Å²) in [5.74, 6) is 0.892. The van der Waals surface area contributed by atoms with Crippen molar-refractivity contribution in [3.05, 3.63) is 24.3 Å². The van der Waals surface area contributed by atoms with Gasteiger partial charge in [-0.15, -0.1) is 11.8 Å².